The van der Waals surface area contributed by atoms with Gasteiger partial charge in [0.2, 0.25) is 5.91 Å². The highest BCUT2D eigenvalue weighted by Gasteiger charge is 2.17. The summed E-state index contributed by atoms with van der Waals surface area (Å²) in [4.78, 5) is 25.0. The van der Waals surface area contributed by atoms with Crippen LogP contribution in [-0.4, -0.2) is 30.0 Å². The number of amides is 1. The van der Waals surface area contributed by atoms with Gasteiger partial charge in [-0.25, -0.2) is 0 Å². The Bertz CT molecular complexity index is 851. The number of piperidine rings is 1. The maximum Gasteiger partial charge on any atom is 0.271 e. The highest BCUT2D eigenvalue weighted by molar-refractivity contribution is 6.34. The fraction of sp³-hybridized carbons (Fsp3) is 0.350. The van der Waals surface area contributed by atoms with Crippen LogP contribution in [0.15, 0.2) is 42.5 Å². The third-order valence-electron chi connectivity index (χ3n) is 4.79. The fourth-order valence-corrected chi connectivity index (χ4v) is 3.42. The first-order valence-electron chi connectivity index (χ1n) is 9.30. The topological polar surface area (TPSA) is 87.5 Å². The van der Waals surface area contributed by atoms with Crippen LogP contribution in [0, 0.1) is 10.1 Å². The predicted octanol–water partition coefficient (Wildman–Crippen LogP) is 4.68. The van der Waals surface area contributed by atoms with E-state index in [1.807, 2.05) is 12.1 Å². The Morgan fingerprint density at radius 1 is 1.14 bits per heavy atom. The lowest BCUT2D eigenvalue weighted by molar-refractivity contribution is -0.384. The largest absolute Gasteiger partial charge is 0.374 e. The van der Waals surface area contributed by atoms with Gasteiger partial charge in [-0.1, -0.05) is 11.6 Å². The number of rotatable bonds is 6. The van der Waals surface area contributed by atoms with E-state index in [1.165, 1.54) is 43.1 Å². The average molecular weight is 403 g/mol. The van der Waals surface area contributed by atoms with Gasteiger partial charge in [-0.15, -0.1) is 0 Å². The van der Waals surface area contributed by atoms with Crippen LogP contribution >= 0.6 is 11.6 Å². The maximum absolute atomic E-state index is 12.4. The van der Waals surface area contributed by atoms with Crippen LogP contribution in [0.4, 0.5) is 22.7 Å². The molecule has 0 bridgehead atoms. The number of hydrogen-bond acceptors (Lipinski definition) is 5. The summed E-state index contributed by atoms with van der Waals surface area (Å²) < 4.78 is 0. The first-order chi connectivity index (χ1) is 13.4. The van der Waals surface area contributed by atoms with E-state index < -0.39 is 11.0 Å². The second-order valence-electron chi connectivity index (χ2n) is 6.87. The number of hydrogen-bond donors (Lipinski definition) is 2. The number of halogens is 1. The Balaban J connectivity index is 1.58. The molecular weight excluding hydrogens is 380 g/mol. The Morgan fingerprint density at radius 2 is 1.82 bits per heavy atom. The molecule has 7 nitrogen and oxygen atoms in total. The van der Waals surface area contributed by atoms with E-state index in [0.29, 0.717) is 5.69 Å². The lowest BCUT2D eigenvalue weighted by atomic mass is 10.1. The van der Waals surface area contributed by atoms with Crippen molar-refractivity contribution in [3.63, 3.8) is 0 Å². The van der Waals surface area contributed by atoms with Crippen molar-refractivity contribution in [2.45, 2.75) is 32.2 Å². The van der Waals surface area contributed by atoms with Crippen LogP contribution in [0.5, 0.6) is 0 Å². The van der Waals surface area contributed by atoms with E-state index >= 15 is 0 Å². The van der Waals surface area contributed by atoms with Gasteiger partial charge in [0.05, 0.1) is 15.6 Å². The summed E-state index contributed by atoms with van der Waals surface area (Å²) in [6, 6.07) is 11.5. The zero-order valence-electron chi connectivity index (χ0n) is 15.7. The lowest BCUT2D eigenvalue weighted by Gasteiger charge is -2.29. The van der Waals surface area contributed by atoms with Gasteiger partial charge < -0.3 is 15.5 Å². The van der Waals surface area contributed by atoms with Crippen LogP contribution in [0.2, 0.25) is 5.02 Å². The van der Waals surface area contributed by atoms with E-state index in [-0.39, 0.29) is 16.6 Å². The van der Waals surface area contributed by atoms with Crippen molar-refractivity contribution >= 4 is 40.3 Å². The third kappa shape index (κ3) is 4.92. The number of non-ortho nitro benzene ring substituents is 1. The highest BCUT2D eigenvalue weighted by atomic mass is 35.5. The minimum atomic E-state index is -0.533. The van der Waals surface area contributed by atoms with Crippen LogP contribution in [0.3, 0.4) is 0 Å². The quantitative estimate of drug-likeness (QED) is 0.541. The zero-order chi connectivity index (χ0) is 20.1. The Morgan fingerprint density at radius 3 is 2.43 bits per heavy atom. The van der Waals surface area contributed by atoms with Crippen LogP contribution < -0.4 is 15.5 Å². The predicted molar refractivity (Wildman–Crippen MR) is 112 cm³/mol. The second kappa shape index (κ2) is 8.93. The maximum atomic E-state index is 12.4. The van der Waals surface area contributed by atoms with E-state index in [0.717, 1.165) is 18.8 Å². The summed E-state index contributed by atoms with van der Waals surface area (Å²) in [5.74, 6) is -0.282. The molecule has 1 aliphatic rings. The van der Waals surface area contributed by atoms with Gasteiger partial charge in [0, 0.05) is 36.6 Å². The molecular formula is C20H23ClN4O3. The Labute approximate surface area is 168 Å². The molecule has 2 aromatic rings. The molecule has 1 atom stereocenters. The summed E-state index contributed by atoms with van der Waals surface area (Å²) in [5, 5.41) is 16.7. The van der Waals surface area contributed by atoms with Crippen molar-refractivity contribution in [3.8, 4) is 0 Å². The summed E-state index contributed by atoms with van der Waals surface area (Å²) in [6.07, 6.45) is 3.74. The molecule has 1 aliphatic heterocycles. The number of nitro benzene ring substituents is 1. The molecule has 1 fully saturated rings. The van der Waals surface area contributed by atoms with Crippen LogP contribution in [-0.2, 0) is 4.79 Å². The van der Waals surface area contributed by atoms with Gasteiger partial charge in [-0.05, 0) is 56.5 Å². The molecule has 0 unspecified atom stereocenters. The van der Waals surface area contributed by atoms with Crippen molar-refractivity contribution in [1.29, 1.82) is 0 Å². The second-order valence-corrected chi connectivity index (χ2v) is 7.28. The number of carbonyl (C=O) groups excluding carboxylic acids is 1. The minimum Gasteiger partial charge on any atom is -0.374 e. The van der Waals surface area contributed by atoms with Crippen molar-refractivity contribution in [1.82, 2.24) is 0 Å². The minimum absolute atomic E-state index is 0.122. The molecule has 1 saturated heterocycles. The zero-order valence-corrected chi connectivity index (χ0v) is 16.4. The fourth-order valence-electron chi connectivity index (χ4n) is 3.20. The third-order valence-corrected chi connectivity index (χ3v) is 5.10. The molecule has 0 aromatic heterocycles. The van der Waals surface area contributed by atoms with Gasteiger partial charge >= 0.3 is 0 Å². The van der Waals surface area contributed by atoms with E-state index in [4.69, 9.17) is 11.6 Å². The lowest BCUT2D eigenvalue weighted by Crippen LogP contribution is -2.32. The summed E-state index contributed by atoms with van der Waals surface area (Å²) in [6.45, 7) is 3.91. The molecule has 0 aliphatic carbocycles. The number of carbonyl (C=O) groups is 1. The van der Waals surface area contributed by atoms with Crippen molar-refractivity contribution in [2.24, 2.45) is 0 Å². The van der Waals surface area contributed by atoms with Crippen molar-refractivity contribution in [2.75, 3.05) is 28.6 Å². The van der Waals surface area contributed by atoms with Gasteiger partial charge in [0.1, 0.15) is 6.04 Å². The monoisotopic (exact) mass is 402 g/mol. The van der Waals surface area contributed by atoms with Crippen LogP contribution in [0.1, 0.15) is 26.2 Å². The smallest absolute Gasteiger partial charge is 0.271 e. The van der Waals surface area contributed by atoms with Crippen LogP contribution in [0.25, 0.3) is 0 Å². The normalized spacial score (nSPS) is 15.0. The average Bonchev–Trinajstić information content (AvgIpc) is 2.70. The molecule has 148 valence electrons. The highest BCUT2D eigenvalue weighted by Crippen LogP contribution is 2.27. The first kappa shape index (κ1) is 19.9. The Hall–Kier alpha value is -2.80. The summed E-state index contributed by atoms with van der Waals surface area (Å²) in [5.41, 5.74) is 2.26. The molecule has 3 rings (SSSR count). The summed E-state index contributed by atoms with van der Waals surface area (Å²) in [7, 11) is 0. The number of anilines is 3. The number of nitrogens with one attached hydrogen (secondary N) is 2. The van der Waals surface area contributed by atoms with Crippen molar-refractivity contribution < 1.29 is 9.72 Å². The molecule has 0 spiro atoms. The van der Waals surface area contributed by atoms with Gasteiger partial charge in [0.25, 0.3) is 5.69 Å². The molecule has 2 N–H and O–H groups in total. The molecule has 8 heteroatoms. The molecule has 1 amide bonds. The van der Waals surface area contributed by atoms with Crippen molar-refractivity contribution in [3.05, 3.63) is 57.6 Å². The number of nitrogens with zero attached hydrogens (tertiary/aromatic N) is 2. The SMILES string of the molecule is C[C@H](Nc1ccc(N2CCCCC2)cc1)C(=O)Nc1ccc([N+](=O)[O-])cc1Cl. The Kier molecular flexibility index (Phi) is 6.36. The van der Waals surface area contributed by atoms with Gasteiger partial charge in [0.15, 0.2) is 0 Å². The molecule has 2 aromatic carbocycles. The molecule has 0 saturated carbocycles. The standard InChI is InChI=1S/C20H23ClN4O3/c1-14(20(26)23-19-10-9-17(25(27)28)13-18(19)21)22-15-5-7-16(8-6-15)24-11-3-2-4-12-24/h5-10,13-14,22H,2-4,11-12H2,1H3,(H,23,26)/t14-/m0/s1. The first-order valence-corrected chi connectivity index (χ1v) is 9.68. The number of benzene rings is 2. The van der Waals surface area contributed by atoms with E-state index in [9.17, 15) is 14.9 Å². The van der Waals surface area contributed by atoms with E-state index in [1.54, 1.807) is 6.92 Å². The van der Waals surface area contributed by atoms with Gasteiger partial charge in [-0.3, -0.25) is 14.9 Å². The molecule has 0 radical (unpaired) electrons. The van der Waals surface area contributed by atoms with Gasteiger partial charge in [-0.2, -0.15) is 0 Å². The molecule has 28 heavy (non-hydrogen) atoms. The summed E-state index contributed by atoms with van der Waals surface area (Å²) >= 11 is 6.03. The van der Waals surface area contributed by atoms with E-state index in [2.05, 4.69) is 27.7 Å². The number of nitro groups is 1. The molecule has 1 heterocycles.